The first-order valence-corrected chi connectivity index (χ1v) is 9.40. The van der Waals surface area contributed by atoms with E-state index >= 15 is 0 Å². The summed E-state index contributed by atoms with van der Waals surface area (Å²) in [5, 5.41) is 2.92. The number of hydrogen-bond donors (Lipinski definition) is 1. The predicted molar refractivity (Wildman–Crippen MR) is 102 cm³/mol. The molecule has 1 heterocycles. The van der Waals surface area contributed by atoms with Crippen LogP contribution in [0.1, 0.15) is 53.2 Å². The van der Waals surface area contributed by atoms with E-state index < -0.39 is 0 Å². The van der Waals surface area contributed by atoms with Crippen molar-refractivity contribution >= 4 is 17.5 Å². The minimum atomic E-state index is 0.0631. The Morgan fingerprint density at radius 1 is 0.962 bits per heavy atom. The van der Waals surface area contributed by atoms with Gasteiger partial charge in [0.2, 0.25) is 5.91 Å². The van der Waals surface area contributed by atoms with Gasteiger partial charge in [-0.15, -0.1) is 0 Å². The third-order valence-corrected chi connectivity index (χ3v) is 5.32. The Kier molecular flexibility index (Phi) is 4.49. The van der Waals surface area contributed by atoms with Crippen LogP contribution in [0.4, 0.5) is 5.69 Å². The SMILES string of the molecule is Cc1ccc(C2CCCN2C(=O)c2ccc(NC(=O)C3CC3)cc2)cc1. The van der Waals surface area contributed by atoms with Crippen molar-refractivity contribution in [2.75, 3.05) is 11.9 Å². The van der Waals surface area contributed by atoms with Crippen molar-refractivity contribution < 1.29 is 9.59 Å². The molecule has 0 radical (unpaired) electrons. The zero-order chi connectivity index (χ0) is 18.1. The molecule has 0 bridgehead atoms. The number of benzene rings is 2. The van der Waals surface area contributed by atoms with Crippen LogP contribution in [0.3, 0.4) is 0 Å². The average Bonchev–Trinajstić information content (AvgIpc) is 3.40. The molecule has 1 saturated heterocycles. The van der Waals surface area contributed by atoms with Gasteiger partial charge in [0.1, 0.15) is 0 Å². The molecule has 2 aromatic rings. The van der Waals surface area contributed by atoms with Crippen molar-refractivity contribution in [3.63, 3.8) is 0 Å². The molecule has 0 aromatic heterocycles. The topological polar surface area (TPSA) is 49.4 Å². The van der Waals surface area contributed by atoms with Gasteiger partial charge in [-0.25, -0.2) is 0 Å². The number of carbonyl (C=O) groups is 2. The minimum Gasteiger partial charge on any atom is -0.332 e. The summed E-state index contributed by atoms with van der Waals surface area (Å²) in [6.07, 6.45) is 4.00. The standard InChI is InChI=1S/C22H24N2O2/c1-15-4-6-16(7-5-15)20-3-2-14-24(20)22(26)18-10-12-19(13-11-18)23-21(25)17-8-9-17/h4-7,10-13,17,20H,2-3,8-9,14H2,1H3,(H,23,25). The van der Waals surface area contributed by atoms with Crippen LogP contribution in [-0.2, 0) is 4.79 Å². The monoisotopic (exact) mass is 348 g/mol. The number of nitrogens with one attached hydrogen (secondary N) is 1. The molecule has 2 fully saturated rings. The number of likely N-dealkylation sites (tertiary alicyclic amines) is 1. The molecule has 1 N–H and O–H groups in total. The Hall–Kier alpha value is -2.62. The Morgan fingerprint density at radius 3 is 2.31 bits per heavy atom. The molecule has 4 heteroatoms. The zero-order valence-corrected chi connectivity index (χ0v) is 15.1. The molecule has 1 unspecified atom stereocenters. The molecule has 1 atom stereocenters. The molecule has 1 saturated carbocycles. The average molecular weight is 348 g/mol. The zero-order valence-electron chi connectivity index (χ0n) is 15.1. The van der Waals surface area contributed by atoms with E-state index in [0.717, 1.165) is 37.9 Å². The normalized spacial score (nSPS) is 19.4. The molecular weight excluding hydrogens is 324 g/mol. The molecule has 2 amide bonds. The Morgan fingerprint density at radius 2 is 1.65 bits per heavy atom. The summed E-state index contributed by atoms with van der Waals surface area (Å²) >= 11 is 0. The first-order valence-electron chi connectivity index (χ1n) is 9.40. The second-order valence-corrected chi connectivity index (χ2v) is 7.41. The van der Waals surface area contributed by atoms with Gasteiger partial charge < -0.3 is 10.2 Å². The molecule has 134 valence electrons. The van der Waals surface area contributed by atoms with Gasteiger partial charge in [-0.1, -0.05) is 29.8 Å². The van der Waals surface area contributed by atoms with Gasteiger partial charge >= 0.3 is 0 Å². The quantitative estimate of drug-likeness (QED) is 0.894. The minimum absolute atomic E-state index is 0.0631. The largest absolute Gasteiger partial charge is 0.332 e. The van der Waals surface area contributed by atoms with E-state index in [1.807, 2.05) is 29.2 Å². The molecule has 2 aliphatic rings. The molecule has 2 aromatic carbocycles. The van der Waals surface area contributed by atoms with Gasteiger partial charge in [0.15, 0.2) is 0 Å². The number of anilines is 1. The molecule has 1 aliphatic heterocycles. The van der Waals surface area contributed by atoms with Crippen molar-refractivity contribution in [1.82, 2.24) is 4.90 Å². The lowest BCUT2D eigenvalue weighted by atomic mass is 10.0. The van der Waals surface area contributed by atoms with Gasteiger partial charge in [0.25, 0.3) is 5.91 Å². The maximum Gasteiger partial charge on any atom is 0.254 e. The van der Waals surface area contributed by atoms with Crippen molar-refractivity contribution in [3.05, 3.63) is 65.2 Å². The van der Waals surface area contributed by atoms with Crippen molar-refractivity contribution in [2.24, 2.45) is 5.92 Å². The Balaban J connectivity index is 1.47. The number of hydrogen-bond acceptors (Lipinski definition) is 2. The van der Waals surface area contributed by atoms with Crippen molar-refractivity contribution in [1.29, 1.82) is 0 Å². The number of aryl methyl sites for hydroxylation is 1. The van der Waals surface area contributed by atoms with Crippen LogP contribution in [0, 0.1) is 12.8 Å². The highest BCUT2D eigenvalue weighted by Gasteiger charge is 2.31. The predicted octanol–water partition coefficient (Wildman–Crippen LogP) is 4.32. The first-order chi connectivity index (χ1) is 12.6. The van der Waals surface area contributed by atoms with Gasteiger partial charge in [0.05, 0.1) is 6.04 Å². The van der Waals surface area contributed by atoms with Crippen LogP contribution >= 0.6 is 0 Å². The highest BCUT2D eigenvalue weighted by atomic mass is 16.2. The summed E-state index contributed by atoms with van der Waals surface area (Å²) in [4.78, 5) is 26.8. The van der Waals surface area contributed by atoms with Crippen LogP contribution in [0.15, 0.2) is 48.5 Å². The lowest BCUT2D eigenvalue weighted by Crippen LogP contribution is -2.30. The van der Waals surface area contributed by atoms with E-state index in [1.165, 1.54) is 11.1 Å². The van der Waals surface area contributed by atoms with Crippen molar-refractivity contribution in [2.45, 2.75) is 38.6 Å². The van der Waals surface area contributed by atoms with E-state index in [4.69, 9.17) is 0 Å². The molecule has 4 rings (SSSR count). The highest BCUT2D eigenvalue weighted by Crippen LogP contribution is 2.33. The van der Waals surface area contributed by atoms with Gasteiger partial charge in [0, 0.05) is 23.7 Å². The summed E-state index contributed by atoms with van der Waals surface area (Å²) in [6.45, 7) is 2.86. The van der Waals surface area contributed by atoms with Crippen LogP contribution in [0.25, 0.3) is 0 Å². The number of carbonyl (C=O) groups excluding carboxylic acids is 2. The van der Waals surface area contributed by atoms with Crippen LogP contribution in [0.5, 0.6) is 0 Å². The molecule has 0 spiro atoms. The second kappa shape index (κ2) is 6.94. The Bertz CT molecular complexity index is 807. The van der Waals surface area contributed by atoms with E-state index in [-0.39, 0.29) is 23.8 Å². The number of amides is 2. The molecule has 4 nitrogen and oxygen atoms in total. The third-order valence-electron chi connectivity index (χ3n) is 5.32. The number of nitrogens with zero attached hydrogens (tertiary/aromatic N) is 1. The fourth-order valence-corrected chi connectivity index (χ4v) is 3.60. The van der Waals surface area contributed by atoms with E-state index in [0.29, 0.717) is 5.56 Å². The summed E-state index contributed by atoms with van der Waals surface area (Å²) in [7, 11) is 0. The summed E-state index contributed by atoms with van der Waals surface area (Å²) < 4.78 is 0. The smallest absolute Gasteiger partial charge is 0.254 e. The van der Waals surface area contributed by atoms with Crippen molar-refractivity contribution in [3.8, 4) is 0 Å². The van der Waals surface area contributed by atoms with Gasteiger partial charge in [-0.3, -0.25) is 9.59 Å². The lowest BCUT2D eigenvalue weighted by Gasteiger charge is -2.25. The van der Waals surface area contributed by atoms with E-state index in [2.05, 4.69) is 36.5 Å². The summed E-state index contributed by atoms with van der Waals surface area (Å²) in [6, 6.07) is 15.9. The van der Waals surface area contributed by atoms with E-state index in [1.54, 1.807) is 0 Å². The van der Waals surface area contributed by atoms with Gasteiger partial charge in [-0.2, -0.15) is 0 Å². The summed E-state index contributed by atoms with van der Waals surface area (Å²) in [5.74, 6) is 0.326. The molecular formula is C22H24N2O2. The lowest BCUT2D eigenvalue weighted by molar-refractivity contribution is -0.117. The highest BCUT2D eigenvalue weighted by molar-refractivity contribution is 5.97. The maximum atomic E-state index is 13.0. The van der Waals surface area contributed by atoms with Gasteiger partial charge in [-0.05, 0) is 62.4 Å². The van der Waals surface area contributed by atoms with E-state index in [9.17, 15) is 9.59 Å². The fraction of sp³-hybridized carbons (Fsp3) is 0.364. The fourth-order valence-electron chi connectivity index (χ4n) is 3.60. The first kappa shape index (κ1) is 16.8. The Labute approximate surface area is 154 Å². The second-order valence-electron chi connectivity index (χ2n) is 7.41. The third kappa shape index (κ3) is 3.50. The summed E-state index contributed by atoms with van der Waals surface area (Å²) in [5.41, 5.74) is 3.87. The van der Waals surface area contributed by atoms with Crippen LogP contribution < -0.4 is 5.32 Å². The molecule has 1 aliphatic carbocycles. The van der Waals surface area contributed by atoms with Crippen LogP contribution in [0.2, 0.25) is 0 Å². The van der Waals surface area contributed by atoms with Crippen LogP contribution in [-0.4, -0.2) is 23.3 Å². The number of rotatable bonds is 4. The maximum absolute atomic E-state index is 13.0. The molecule has 26 heavy (non-hydrogen) atoms.